The van der Waals surface area contributed by atoms with Gasteiger partial charge in [-0.1, -0.05) is 56.0 Å². The minimum absolute atomic E-state index is 0.0137. The summed E-state index contributed by atoms with van der Waals surface area (Å²) in [6, 6.07) is 5.48. The van der Waals surface area contributed by atoms with E-state index >= 15 is 0 Å². The summed E-state index contributed by atoms with van der Waals surface area (Å²) >= 11 is 5.64. The van der Waals surface area contributed by atoms with Crippen molar-refractivity contribution < 1.29 is 13.2 Å². The SMILES string of the molecule is CCCCCC1CCc2c(cc(F)c(C#Cc3ccc(Cl)c(F)c3)c2F)C1. The molecule has 0 fully saturated rings. The van der Waals surface area contributed by atoms with E-state index < -0.39 is 17.5 Å². The van der Waals surface area contributed by atoms with Gasteiger partial charge in [0.2, 0.25) is 0 Å². The number of halogens is 4. The normalized spacial score (nSPS) is 15.8. The van der Waals surface area contributed by atoms with Crippen LogP contribution in [0.5, 0.6) is 0 Å². The van der Waals surface area contributed by atoms with Crippen molar-refractivity contribution in [1.82, 2.24) is 0 Å². The van der Waals surface area contributed by atoms with Crippen LogP contribution in [-0.4, -0.2) is 0 Å². The Labute approximate surface area is 163 Å². The second kappa shape index (κ2) is 8.85. The molecule has 2 aromatic carbocycles. The summed E-state index contributed by atoms with van der Waals surface area (Å²) in [5.74, 6) is 3.84. The van der Waals surface area contributed by atoms with E-state index in [0.717, 1.165) is 30.9 Å². The van der Waals surface area contributed by atoms with Crippen LogP contribution >= 0.6 is 11.6 Å². The Kier molecular flexibility index (Phi) is 6.50. The quantitative estimate of drug-likeness (QED) is 0.396. The Bertz CT molecular complexity index is 893. The summed E-state index contributed by atoms with van der Waals surface area (Å²) in [6.07, 6.45) is 6.92. The van der Waals surface area contributed by atoms with Crippen molar-refractivity contribution in [1.29, 1.82) is 0 Å². The Hall–Kier alpha value is -1.92. The largest absolute Gasteiger partial charge is 0.206 e. The van der Waals surface area contributed by atoms with E-state index in [1.165, 1.54) is 37.5 Å². The van der Waals surface area contributed by atoms with Crippen LogP contribution < -0.4 is 0 Å². The van der Waals surface area contributed by atoms with Crippen LogP contribution in [0.4, 0.5) is 13.2 Å². The summed E-state index contributed by atoms with van der Waals surface area (Å²) in [6.45, 7) is 2.17. The highest BCUT2D eigenvalue weighted by Crippen LogP contribution is 2.32. The van der Waals surface area contributed by atoms with E-state index in [0.29, 0.717) is 23.5 Å². The molecular weight excluding hydrogens is 369 g/mol. The summed E-state index contributed by atoms with van der Waals surface area (Å²) in [7, 11) is 0. The van der Waals surface area contributed by atoms with Gasteiger partial charge in [0.25, 0.3) is 0 Å². The van der Waals surface area contributed by atoms with Crippen molar-refractivity contribution >= 4 is 11.6 Å². The molecule has 1 atom stereocenters. The molecule has 0 spiro atoms. The third-order valence-electron chi connectivity index (χ3n) is 5.19. The van der Waals surface area contributed by atoms with E-state index in [9.17, 15) is 13.2 Å². The molecule has 0 saturated carbocycles. The Morgan fingerprint density at radius 3 is 2.63 bits per heavy atom. The average Bonchev–Trinajstić information content (AvgIpc) is 2.64. The fourth-order valence-corrected chi connectivity index (χ4v) is 3.79. The highest BCUT2D eigenvalue weighted by atomic mass is 35.5. The fraction of sp³-hybridized carbons (Fsp3) is 0.391. The van der Waals surface area contributed by atoms with E-state index in [1.807, 2.05) is 0 Å². The molecule has 0 N–H and O–H groups in total. The third-order valence-corrected chi connectivity index (χ3v) is 5.50. The summed E-state index contributed by atoms with van der Waals surface area (Å²) in [5.41, 5.74) is 1.42. The highest BCUT2D eigenvalue weighted by Gasteiger charge is 2.24. The third kappa shape index (κ3) is 4.68. The Morgan fingerprint density at radius 1 is 1.07 bits per heavy atom. The Balaban J connectivity index is 1.83. The molecule has 3 rings (SSSR count). The van der Waals surface area contributed by atoms with Crippen molar-refractivity contribution in [3.8, 4) is 11.8 Å². The zero-order valence-electron chi connectivity index (χ0n) is 15.3. The van der Waals surface area contributed by atoms with Gasteiger partial charge in [0, 0.05) is 5.56 Å². The van der Waals surface area contributed by atoms with Crippen LogP contribution in [0.2, 0.25) is 5.02 Å². The first kappa shape index (κ1) is 19.8. The monoisotopic (exact) mass is 390 g/mol. The number of hydrogen-bond donors (Lipinski definition) is 0. The minimum Gasteiger partial charge on any atom is -0.206 e. The number of benzene rings is 2. The number of hydrogen-bond acceptors (Lipinski definition) is 0. The second-order valence-corrected chi connectivity index (χ2v) is 7.58. The second-order valence-electron chi connectivity index (χ2n) is 7.17. The summed E-state index contributed by atoms with van der Waals surface area (Å²) < 4.78 is 42.8. The molecule has 0 bridgehead atoms. The predicted octanol–water partition coefficient (Wildman–Crippen LogP) is 6.84. The van der Waals surface area contributed by atoms with Gasteiger partial charge in [-0.2, -0.15) is 0 Å². The van der Waals surface area contributed by atoms with Crippen LogP contribution in [0.15, 0.2) is 24.3 Å². The lowest BCUT2D eigenvalue weighted by Gasteiger charge is -2.25. The zero-order valence-corrected chi connectivity index (χ0v) is 16.1. The summed E-state index contributed by atoms with van der Waals surface area (Å²) in [4.78, 5) is 0. The average molecular weight is 391 g/mol. The van der Waals surface area contributed by atoms with Crippen molar-refractivity contribution in [3.63, 3.8) is 0 Å². The topological polar surface area (TPSA) is 0 Å². The molecule has 4 heteroatoms. The number of fused-ring (bicyclic) bond motifs is 1. The first-order valence-corrected chi connectivity index (χ1v) is 9.84. The first-order valence-electron chi connectivity index (χ1n) is 9.46. The van der Waals surface area contributed by atoms with Crippen LogP contribution in [-0.2, 0) is 12.8 Å². The van der Waals surface area contributed by atoms with E-state index in [1.54, 1.807) is 0 Å². The predicted molar refractivity (Wildman–Crippen MR) is 103 cm³/mol. The molecule has 1 unspecified atom stereocenters. The van der Waals surface area contributed by atoms with Gasteiger partial charge in [-0.25, -0.2) is 13.2 Å². The van der Waals surface area contributed by atoms with Crippen LogP contribution in [0, 0.1) is 35.2 Å². The molecule has 0 heterocycles. The van der Waals surface area contributed by atoms with Crippen LogP contribution in [0.3, 0.4) is 0 Å². The standard InChI is InChI=1S/C23H22ClF3/c1-2-3-4-5-15-6-9-18-17(12-15)14-21(25)19(23(18)27)10-7-16-8-11-20(24)22(26)13-16/h8,11,13-15H,2-6,9,12H2,1H3. The molecule has 0 saturated heterocycles. The maximum atomic E-state index is 14.9. The maximum Gasteiger partial charge on any atom is 0.145 e. The molecule has 1 aliphatic rings. The van der Waals surface area contributed by atoms with Gasteiger partial charge in [-0.3, -0.25) is 0 Å². The van der Waals surface area contributed by atoms with Gasteiger partial charge in [0.05, 0.1) is 10.6 Å². The van der Waals surface area contributed by atoms with E-state index in [4.69, 9.17) is 11.6 Å². The molecule has 2 aromatic rings. The number of rotatable bonds is 4. The van der Waals surface area contributed by atoms with Crippen LogP contribution in [0.25, 0.3) is 0 Å². The molecule has 27 heavy (non-hydrogen) atoms. The smallest absolute Gasteiger partial charge is 0.145 e. The molecule has 142 valence electrons. The summed E-state index contributed by atoms with van der Waals surface area (Å²) in [5, 5.41) is -0.0137. The minimum atomic E-state index is -0.651. The maximum absolute atomic E-state index is 14.9. The molecule has 0 amide bonds. The van der Waals surface area contributed by atoms with E-state index in [-0.39, 0.29) is 10.6 Å². The molecule has 0 aromatic heterocycles. The van der Waals surface area contributed by atoms with Crippen molar-refractivity contribution in [3.05, 3.63) is 69.0 Å². The lowest BCUT2D eigenvalue weighted by molar-refractivity contribution is 0.399. The zero-order chi connectivity index (χ0) is 19.4. The van der Waals surface area contributed by atoms with Gasteiger partial charge in [0.15, 0.2) is 0 Å². The van der Waals surface area contributed by atoms with Crippen molar-refractivity contribution in [2.24, 2.45) is 5.92 Å². The molecule has 0 nitrogen and oxygen atoms in total. The van der Waals surface area contributed by atoms with Gasteiger partial charge in [-0.05, 0) is 60.6 Å². The molecule has 1 aliphatic carbocycles. The Morgan fingerprint density at radius 2 is 1.89 bits per heavy atom. The first-order chi connectivity index (χ1) is 13.0. The molecule has 0 aliphatic heterocycles. The lowest BCUT2D eigenvalue weighted by atomic mass is 9.80. The van der Waals surface area contributed by atoms with Gasteiger partial charge in [0.1, 0.15) is 17.5 Å². The van der Waals surface area contributed by atoms with Crippen molar-refractivity contribution in [2.75, 3.05) is 0 Å². The van der Waals surface area contributed by atoms with Crippen molar-refractivity contribution in [2.45, 2.75) is 51.9 Å². The molecule has 0 radical (unpaired) electrons. The van der Waals surface area contributed by atoms with Gasteiger partial charge >= 0.3 is 0 Å². The highest BCUT2D eigenvalue weighted by molar-refractivity contribution is 6.30. The van der Waals surface area contributed by atoms with Gasteiger partial charge in [-0.15, -0.1) is 0 Å². The number of unbranched alkanes of at least 4 members (excludes halogenated alkanes) is 2. The molecular formula is C23H22ClF3. The fourth-order valence-electron chi connectivity index (χ4n) is 3.68. The van der Waals surface area contributed by atoms with E-state index in [2.05, 4.69) is 18.8 Å². The lowest BCUT2D eigenvalue weighted by Crippen LogP contribution is -2.17. The van der Waals surface area contributed by atoms with Gasteiger partial charge < -0.3 is 0 Å². The van der Waals surface area contributed by atoms with Crippen LogP contribution in [0.1, 0.15) is 61.3 Å².